The molecule has 2 aliphatic rings. The molecule has 0 radical (unpaired) electrons. The Morgan fingerprint density at radius 1 is 1.21 bits per heavy atom. The quantitative estimate of drug-likeness (QED) is 0.725. The van der Waals surface area contributed by atoms with Gasteiger partial charge in [0.05, 0.1) is 0 Å². The van der Waals surface area contributed by atoms with Gasteiger partial charge in [-0.05, 0) is 51.1 Å². The van der Waals surface area contributed by atoms with Crippen LogP contribution in [0.4, 0.5) is 0 Å². The molecule has 14 heavy (non-hydrogen) atoms. The highest BCUT2D eigenvalue weighted by Gasteiger charge is 2.31. The molecule has 1 saturated heterocycles. The molecule has 2 fully saturated rings. The molecule has 0 bridgehead atoms. The predicted molar refractivity (Wildman–Crippen MR) is 57.6 cm³/mol. The van der Waals surface area contributed by atoms with Gasteiger partial charge in [0, 0.05) is 11.8 Å². The lowest BCUT2D eigenvalue weighted by molar-refractivity contribution is 0.174. The highest BCUT2D eigenvalue weighted by molar-refractivity contribution is 7.79. The first-order valence-corrected chi connectivity index (χ1v) is 6.85. The van der Waals surface area contributed by atoms with E-state index in [1.54, 1.807) is 0 Å². The number of piperidine rings is 1. The van der Waals surface area contributed by atoms with Gasteiger partial charge in [-0.25, -0.2) is 4.21 Å². The summed E-state index contributed by atoms with van der Waals surface area (Å²) >= 11 is -1.59. The zero-order valence-corrected chi connectivity index (χ0v) is 9.34. The molecule has 1 atom stereocenters. The molecule has 1 aliphatic carbocycles. The molecule has 0 aromatic carbocycles. The summed E-state index contributed by atoms with van der Waals surface area (Å²) in [6, 6.07) is 0.892. The van der Waals surface area contributed by atoms with E-state index in [2.05, 4.69) is 4.90 Å². The van der Waals surface area contributed by atoms with Gasteiger partial charge in [0.15, 0.2) is 11.1 Å². The first-order chi connectivity index (χ1) is 6.75. The van der Waals surface area contributed by atoms with Crippen molar-refractivity contribution in [2.45, 2.75) is 38.1 Å². The van der Waals surface area contributed by atoms with Gasteiger partial charge in [-0.1, -0.05) is 0 Å². The van der Waals surface area contributed by atoms with Crippen molar-refractivity contribution >= 4 is 11.1 Å². The minimum Gasteiger partial charge on any atom is -0.306 e. The van der Waals surface area contributed by atoms with Crippen LogP contribution < -0.4 is 0 Å². The molecule has 0 amide bonds. The molecule has 1 unspecified atom stereocenters. The van der Waals surface area contributed by atoms with Crippen LogP contribution in [-0.2, 0) is 11.1 Å². The van der Waals surface area contributed by atoms with Crippen LogP contribution in [0.15, 0.2) is 0 Å². The van der Waals surface area contributed by atoms with Crippen molar-refractivity contribution in [2.75, 3.05) is 18.8 Å². The van der Waals surface area contributed by atoms with Crippen molar-refractivity contribution in [1.82, 2.24) is 4.90 Å². The van der Waals surface area contributed by atoms with Crippen LogP contribution in [0.1, 0.15) is 32.1 Å². The van der Waals surface area contributed by atoms with Gasteiger partial charge < -0.3 is 9.45 Å². The molecule has 4 heteroatoms. The average molecular weight is 217 g/mol. The molecular weight excluding hydrogens is 198 g/mol. The maximum Gasteiger partial charge on any atom is 0.152 e. The van der Waals surface area contributed by atoms with Crippen LogP contribution in [-0.4, -0.2) is 38.5 Å². The minimum atomic E-state index is -1.59. The Morgan fingerprint density at radius 2 is 1.86 bits per heavy atom. The van der Waals surface area contributed by atoms with E-state index < -0.39 is 11.1 Å². The smallest absolute Gasteiger partial charge is 0.152 e. The van der Waals surface area contributed by atoms with Gasteiger partial charge >= 0.3 is 0 Å². The van der Waals surface area contributed by atoms with E-state index >= 15 is 0 Å². The van der Waals surface area contributed by atoms with Gasteiger partial charge in [-0.15, -0.1) is 0 Å². The van der Waals surface area contributed by atoms with Crippen LogP contribution in [0, 0.1) is 5.92 Å². The third-order valence-electron chi connectivity index (χ3n) is 3.41. The Labute approximate surface area is 88.1 Å². The maximum absolute atomic E-state index is 10.5. The van der Waals surface area contributed by atoms with Crippen molar-refractivity contribution in [1.29, 1.82) is 0 Å². The lowest BCUT2D eigenvalue weighted by Gasteiger charge is -2.31. The van der Waals surface area contributed by atoms with Crippen LogP contribution in [0.3, 0.4) is 0 Å². The van der Waals surface area contributed by atoms with Gasteiger partial charge in [-0.3, -0.25) is 0 Å². The van der Waals surface area contributed by atoms with E-state index in [-0.39, 0.29) is 0 Å². The molecule has 0 aromatic rings. The number of likely N-dealkylation sites (tertiary alicyclic amines) is 1. The number of hydrogen-bond acceptors (Lipinski definition) is 2. The van der Waals surface area contributed by atoms with E-state index in [1.165, 1.54) is 38.8 Å². The maximum atomic E-state index is 10.5. The SMILES string of the molecule is O=S(O)CCC1CCN(C2CC2)CC1. The molecule has 3 nitrogen and oxygen atoms in total. The second-order valence-corrected chi connectivity index (χ2v) is 5.58. The van der Waals surface area contributed by atoms with Crippen molar-refractivity contribution in [3.8, 4) is 0 Å². The monoisotopic (exact) mass is 217 g/mol. The Hall–Kier alpha value is 0.0700. The van der Waals surface area contributed by atoms with E-state index in [1.807, 2.05) is 0 Å². The largest absolute Gasteiger partial charge is 0.306 e. The van der Waals surface area contributed by atoms with E-state index in [0.717, 1.165) is 12.5 Å². The topological polar surface area (TPSA) is 40.5 Å². The average Bonchev–Trinajstić information content (AvgIpc) is 2.99. The number of hydrogen-bond donors (Lipinski definition) is 1. The second kappa shape index (κ2) is 4.73. The van der Waals surface area contributed by atoms with E-state index in [4.69, 9.17) is 4.55 Å². The Balaban J connectivity index is 1.64. The van der Waals surface area contributed by atoms with E-state index in [0.29, 0.717) is 11.7 Å². The van der Waals surface area contributed by atoms with Crippen LogP contribution >= 0.6 is 0 Å². The molecule has 1 N–H and O–H groups in total. The minimum absolute atomic E-state index is 0.466. The van der Waals surface area contributed by atoms with Gasteiger partial charge in [0.2, 0.25) is 0 Å². The summed E-state index contributed by atoms with van der Waals surface area (Å²) in [5.41, 5.74) is 0. The first kappa shape index (κ1) is 10.6. The van der Waals surface area contributed by atoms with Crippen molar-refractivity contribution in [2.24, 2.45) is 5.92 Å². The Bertz CT molecular complexity index is 210. The summed E-state index contributed by atoms with van der Waals surface area (Å²) in [7, 11) is 0. The lowest BCUT2D eigenvalue weighted by atomic mass is 9.94. The Morgan fingerprint density at radius 3 is 2.36 bits per heavy atom. The number of rotatable bonds is 4. The summed E-state index contributed by atoms with van der Waals surface area (Å²) < 4.78 is 19.2. The van der Waals surface area contributed by atoms with Crippen molar-refractivity contribution in [3.05, 3.63) is 0 Å². The van der Waals surface area contributed by atoms with E-state index in [9.17, 15) is 4.21 Å². The summed E-state index contributed by atoms with van der Waals surface area (Å²) in [5.74, 6) is 1.16. The summed E-state index contributed by atoms with van der Waals surface area (Å²) in [6.45, 7) is 2.43. The molecule has 1 heterocycles. The zero-order valence-electron chi connectivity index (χ0n) is 8.52. The van der Waals surface area contributed by atoms with Crippen LogP contribution in [0.5, 0.6) is 0 Å². The highest BCUT2D eigenvalue weighted by Crippen LogP contribution is 2.31. The highest BCUT2D eigenvalue weighted by atomic mass is 32.2. The standard InChI is InChI=1S/C10H19NO2S/c12-14(13)8-5-9-3-6-11(7-4-9)10-1-2-10/h9-10H,1-8H2,(H,12,13). The molecular formula is C10H19NO2S. The summed E-state index contributed by atoms with van der Waals surface area (Å²) in [4.78, 5) is 2.59. The van der Waals surface area contributed by atoms with Crippen molar-refractivity contribution < 1.29 is 8.76 Å². The van der Waals surface area contributed by atoms with Gasteiger partial charge in [-0.2, -0.15) is 0 Å². The molecule has 0 aromatic heterocycles. The fraction of sp³-hybridized carbons (Fsp3) is 1.00. The van der Waals surface area contributed by atoms with Crippen molar-refractivity contribution in [3.63, 3.8) is 0 Å². The lowest BCUT2D eigenvalue weighted by Crippen LogP contribution is -2.35. The molecule has 0 spiro atoms. The van der Waals surface area contributed by atoms with Crippen LogP contribution in [0.25, 0.3) is 0 Å². The third-order valence-corrected chi connectivity index (χ3v) is 4.00. The molecule has 2 rings (SSSR count). The predicted octanol–water partition coefficient (Wildman–Crippen LogP) is 1.47. The summed E-state index contributed by atoms with van der Waals surface area (Å²) in [5, 5.41) is 0. The summed E-state index contributed by atoms with van der Waals surface area (Å²) in [6.07, 6.45) is 6.18. The molecule has 1 saturated carbocycles. The normalized spacial score (nSPS) is 27.8. The fourth-order valence-corrected chi connectivity index (χ4v) is 2.85. The second-order valence-electron chi connectivity index (χ2n) is 4.52. The Kier molecular flexibility index (Phi) is 3.57. The number of nitrogens with zero attached hydrogens (tertiary/aromatic N) is 1. The fourth-order valence-electron chi connectivity index (χ4n) is 2.31. The van der Waals surface area contributed by atoms with Gasteiger partial charge in [0.1, 0.15) is 0 Å². The third kappa shape index (κ3) is 3.04. The van der Waals surface area contributed by atoms with Gasteiger partial charge in [0.25, 0.3) is 0 Å². The zero-order chi connectivity index (χ0) is 9.97. The first-order valence-electron chi connectivity index (χ1n) is 5.57. The molecule has 82 valence electrons. The van der Waals surface area contributed by atoms with Crippen LogP contribution in [0.2, 0.25) is 0 Å². The molecule has 1 aliphatic heterocycles.